The lowest BCUT2D eigenvalue weighted by molar-refractivity contribution is 0.102. The van der Waals surface area contributed by atoms with E-state index in [-0.39, 0.29) is 12.5 Å². The standard InChI is InChI=1S/C14H13N3O2/c1-10-12(9-15-17-10)14(19)16-13-7-3-2-5-11(13)6-4-8-18/h2-3,5,7,9,18H,8H2,1H3,(H,15,17)(H,16,19). The summed E-state index contributed by atoms with van der Waals surface area (Å²) in [7, 11) is 0. The lowest BCUT2D eigenvalue weighted by Gasteiger charge is -2.06. The molecule has 0 aliphatic heterocycles. The molecule has 96 valence electrons. The molecule has 0 saturated carbocycles. The van der Waals surface area contributed by atoms with Crippen molar-refractivity contribution >= 4 is 11.6 Å². The van der Waals surface area contributed by atoms with Gasteiger partial charge in [0, 0.05) is 11.3 Å². The number of hydrogen-bond acceptors (Lipinski definition) is 3. The molecule has 0 unspecified atom stereocenters. The Morgan fingerprint density at radius 2 is 2.26 bits per heavy atom. The maximum atomic E-state index is 12.1. The summed E-state index contributed by atoms with van der Waals surface area (Å²) in [6.45, 7) is 1.56. The number of carbonyl (C=O) groups excluding carboxylic acids is 1. The molecule has 1 aromatic heterocycles. The molecular formula is C14H13N3O2. The lowest BCUT2D eigenvalue weighted by atomic mass is 10.1. The Morgan fingerprint density at radius 3 is 2.95 bits per heavy atom. The molecule has 5 heteroatoms. The number of anilines is 1. The number of aromatic nitrogens is 2. The number of nitrogens with zero attached hydrogens (tertiary/aromatic N) is 1. The number of nitrogens with one attached hydrogen (secondary N) is 2. The lowest BCUT2D eigenvalue weighted by Crippen LogP contribution is -2.13. The van der Waals surface area contributed by atoms with Gasteiger partial charge in [-0.3, -0.25) is 9.89 Å². The second-order valence-electron chi connectivity index (χ2n) is 3.87. The van der Waals surface area contributed by atoms with Gasteiger partial charge in [-0.05, 0) is 19.1 Å². The van der Waals surface area contributed by atoms with E-state index in [9.17, 15) is 4.79 Å². The molecule has 1 heterocycles. The van der Waals surface area contributed by atoms with Crippen molar-refractivity contribution < 1.29 is 9.90 Å². The minimum Gasteiger partial charge on any atom is -0.384 e. The van der Waals surface area contributed by atoms with Crippen LogP contribution in [0.5, 0.6) is 0 Å². The number of hydrogen-bond donors (Lipinski definition) is 3. The molecule has 1 amide bonds. The summed E-state index contributed by atoms with van der Waals surface area (Å²) in [4.78, 5) is 12.1. The molecule has 0 spiro atoms. The topological polar surface area (TPSA) is 78.0 Å². The third-order valence-electron chi connectivity index (χ3n) is 2.55. The van der Waals surface area contributed by atoms with E-state index in [1.165, 1.54) is 6.20 Å². The number of benzene rings is 1. The van der Waals surface area contributed by atoms with E-state index in [1.54, 1.807) is 19.1 Å². The smallest absolute Gasteiger partial charge is 0.259 e. The molecule has 2 rings (SSSR count). The fraction of sp³-hybridized carbons (Fsp3) is 0.143. The summed E-state index contributed by atoms with van der Waals surface area (Å²) in [5.41, 5.74) is 2.46. The zero-order valence-corrected chi connectivity index (χ0v) is 10.4. The second-order valence-corrected chi connectivity index (χ2v) is 3.87. The van der Waals surface area contributed by atoms with Crippen LogP contribution in [0.4, 0.5) is 5.69 Å². The van der Waals surface area contributed by atoms with Gasteiger partial charge >= 0.3 is 0 Å². The Morgan fingerprint density at radius 1 is 1.47 bits per heavy atom. The van der Waals surface area contributed by atoms with Crippen molar-refractivity contribution in [2.75, 3.05) is 11.9 Å². The van der Waals surface area contributed by atoms with E-state index in [1.807, 2.05) is 12.1 Å². The van der Waals surface area contributed by atoms with Crippen molar-refractivity contribution in [1.29, 1.82) is 0 Å². The number of aromatic amines is 1. The van der Waals surface area contributed by atoms with Crippen molar-refractivity contribution in [3.8, 4) is 11.8 Å². The van der Waals surface area contributed by atoms with Gasteiger partial charge in [0.15, 0.2) is 0 Å². The van der Waals surface area contributed by atoms with Crippen LogP contribution < -0.4 is 5.32 Å². The zero-order valence-electron chi connectivity index (χ0n) is 10.4. The molecule has 0 bridgehead atoms. The van der Waals surface area contributed by atoms with Gasteiger partial charge in [-0.2, -0.15) is 5.10 Å². The van der Waals surface area contributed by atoms with Crippen molar-refractivity contribution in [2.24, 2.45) is 0 Å². The number of carbonyl (C=O) groups is 1. The maximum Gasteiger partial charge on any atom is 0.259 e. The number of aryl methyl sites for hydroxylation is 1. The number of amides is 1. The van der Waals surface area contributed by atoms with Gasteiger partial charge in [-0.1, -0.05) is 24.0 Å². The highest BCUT2D eigenvalue weighted by Gasteiger charge is 2.12. The fourth-order valence-electron chi connectivity index (χ4n) is 1.61. The first-order chi connectivity index (χ1) is 9.22. The van der Waals surface area contributed by atoms with Crippen molar-refractivity contribution in [3.63, 3.8) is 0 Å². The van der Waals surface area contributed by atoms with Crippen LogP contribution in [0.1, 0.15) is 21.6 Å². The van der Waals surface area contributed by atoms with Crippen LogP contribution in [0.25, 0.3) is 0 Å². The van der Waals surface area contributed by atoms with Gasteiger partial charge in [-0.25, -0.2) is 0 Å². The highest BCUT2D eigenvalue weighted by atomic mass is 16.2. The Bertz CT molecular complexity index is 650. The molecule has 0 aliphatic carbocycles. The summed E-state index contributed by atoms with van der Waals surface area (Å²) in [6, 6.07) is 7.16. The Hall–Kier alpha value is -2.58. The second kappa shape index (κ2) is 5.85. The van der Waals surface area contributed by atoms with E-state index in [0.717, 1.165) is 0 Å². The summed E-state index contributed by atoms with van der Waals surface area (Å²) in [5.74, 6) is 5.10. The monoisotopic (exact) mass is 255 g/mol. The average molecular weight is 255 g/mol. The number of H-pyrrole nitrogens is 1. The van der Waals surface area contributed by atoms with Crippen LogP contribution in [-0.2, 0) is 0 Å². The van der Waals surface area contributed by atoms with Crippen molar-refractivity contribution in [1.82, 2.24) is 10.2 Å². The van der Waals surface area contributed by atoms with Crippen LogP contribution in [0.15, 0.2) is 30.5 Å². The fourth-order valence-corrected chi connectivity index (χ4v) is 1.61. The molecule has 0 atom stereocenters. The molecule has 3 N–H and O–H groups in total. The summed E-state index contributed by atoms with van der Waals surface area (Å²) < 4.78 is 0. The van der Waals surface area contributed by atoms with Gasteiger partial charge < -0.3 is 10.4 Å². The van der Waals surface area contributed by atoms with Crippen LogP contribution >= 0.6 is 0 Å². The van der Waals surface area contributed by atoms with E-state index in [4.69, 9.17) is 5.11 Å². The SMILES string of the molecule is Cc1[nH]ncc1C(=O)Nc1ccccc1C#CCO. The van der Waals surface area contributed by atoms with Crippen molar-refractivity contribution in [2.45, 2.75) is 6.92 Å². The quantitative estimate of drug-likeness (QED) is 0.708. The Balaban J connectivity index is 2.24. The zero-order chi connectivity index (χ0) is 13.7. The van der Waals surface area contributed by atoms with Gasteiger partial charge in [0.05, 0.1) is 17.4 Å². The number of rotatable bonds is 2. The molecule has 2 aromatic rings. The van der Waals surface area contributed by atoms with E-state index in [0.29, 0.717) is 22.5 Å². The highest BCUT2D eigenvalue weighted by molar-refractivity contribution is 6.05. The minimum atomic E-state index is -0.246. The normalized spacial score (nSPS) is 9.58. The summed E-state index contributed by atoms with van der Waals surface area (Å²) >= 11 is 0. The van der Waals surface area contributed by atoms with Crippen LogP contribution in [0.2, 0.25) is 0 Å². The summed E-state index contributed by atoms with van der Waals surface area (Å²) in [6.07, 6.45) is 1.48. The van der Waals surface area contributed by atoms with Gasteiger partial charge in [0.25, 0.3) is 5.91 Å². The molecule has 0 radical (unpaired) electrons. The number of para-hydroxylation sites is 1. The predicted octanol–water partition coefficient (Wildman–Crippen LogP) is 1.31. The minimum absolute atomic E-state index is 0.219. The molecule has 0 fully saturated rings. The van der Waals surface area contributed by atoms with Crippen LogP contribution in [0, 0.1) is 18.8 Å². The highest BCUT2D eigenvalue weighted by Crippen LogP contribution is 2.15. The molecule has 1 aromatic carbocycles. The van der Waals surface area contributed by atoms with E-state index in [2.05, 4.69) is 27.4 Å². The van der Waals surface area contributed by atoms with Gasteiger partial charge in [0.2, 0.25) is 0 Å². The molecular weight excluding hydrogens is 242 g/mol. The third-order valence-corrected chi connectivity index (χ3v) is 2.55. The summed E-state index contributed by atoms with van der Waals surface area (Å²) in [5, 5.41) is 18.0. The first kappa shape index (κ1) is 12.9. The predicted molar refractivity (Wildman–Crippen MR) is 71.7 cm³/mol. The number of aliphatic hydroxyl groups excluding tert-OH is 1. The first-order valence-corrected chi connectivity index (χ1v) is 5.72. The molecule has 0 saturated heterocycles. The van der Waals surface area contributed by atoms with Crippen LogP contribution in [-0.4, -0.2) is 27.8 Å². The van der Waals surface area contributed by atoms with Gasteiger partial charge in [-0.15, -0.1) is 0 Å². The molecule has 0 aliphatic rings. The maximum absolute atomic E-state index is 12.1. The third kappa shape index (κ3) is 3.00. The largest absolute Gasteiger partial charge is 0.384 e. The molecule has 19 heavy (non-hydrogen) atoms. The van der Waals surface area contributed by atoms with E-state index >= 15 is 0 Å². The Labute approximate surface area is 110 Å². The van der Waals surface area contributed by atoms with Crippen LogP contribution in [0.3, 0.4) is 0 Å². The Kier molecular flexibility index (Phi) is 3.96. The average Bonchev–Trinajstić information content (AvgIpc) is 2.84. The molecule has 5 nitrogen and oxygen atoms in total. The number of aliphatic hydroxyl groups is 1. The first-order valence-electron chi connectivity index (χ1n) is 5.72. The van der Waals surface area contributed by atoms with Crippen molar-refractivity contribution in [3.05, 3.63) is 47.3 Å². The van der Waals surface area contributed by atoms with E-state index < -0.39 is 0 Å². The van der Waals surface area contributed by atoms with Gasteiger partial charge in [0.1, 0.15) is 6.61 Å².